The smallest absolute Gasteiger partial charge is 0.193 e. The zero-order valence-electron chi connectivity index (χ0n) is 16.8. The molecular weight excluding hydrogens is 467 g/mol. The normalized spacial score (nSPS) is 21.7. The zero-order chi connectivity index (χ0) is 18.6. The number of aromatic nitrogens is 2. The number of nitrogens with zero attached hydrogens (tertiary/aromatic N) is 5. The van der Waals surface area contributed by atoms with Gasteiger partial charge in [0.05, 0.1) is 18.5 Å². The first kappa shape index (κ1) is 21.2. The van der Waals surface area contributed by atoms with Crippen LogP contribution >= 0.6 is 24.0 Å². The quantitative estimate of drug-likeness (QED) is 0.391. The van der Waals surface area contributed by atoms with Gasteiger partial charge in [-0.05, 0) is 50.0 Å². The summed E-state index contributed by atoms with van der Waals surface area (Å²) in [6.45, 7) is 5.10. The van der Waals surface area contributed by atoms with Crippen molar-refractivity contribution in [2.24, 2.45) is 12.0 Å². The predicted octanol–water partition coefficient (Wildman–Crippen LogP) is 2.83. The number of aliphatic imine (C=N–C) groups is 1. The molecule has 2 aliphatic heterocycles. The van der Waals surface area contributed by atoms with E-state index in [0.29, 0.717) is 5.92 Å². The molecule has 154 valence electrons. The van der Waals surface area contributed by atoms with Crippen LogP contribution < -0.4 is 5.32 Å². The number of aryl methyl sites for hydroxylation is 1. The average Bonchev–Trinajstić information content (AvgIpc) is 3.47. The van der Waals surface area contributed by atoms with Crippen molar-refractivity contribution in [1.29, 1.82) is 0 Å². The highest BCUT2D eigenvalue weighted by Gasteiger charge is 2.29. The summed E-state index contributed by atoms with van der Waals surface area (Å²) in [5, 5.41) is 7.93. The number of likely N-dealkylation sites (tertiary alicyclic amines) is 2. The molecule has 2 atom stereocenters. The SMILES string of the molecule is CN=C(NCC(c1ccco1)N1CCCC1)N1CCC(c2cnn(C)c2)C1.I. The standard InChI is InChI=1S/C20H30N6O.HI/c1-21-20(26-10-7-16(15-26)17-12-23-24(2)14-17)22-13-18(19-6-5-11-27-19)25-8-3-4-9-25;/h5-6,11-12,14,16,18H,3-4,7-10,13,15H2,1-2H3,(H,21,22);1H. The summed E-state index contributed by atoms with van der Waals surface area (Å²) in [7, 11) is 3.85. The molecule has 0 bridgehead atoms. The van der Waals surface area contributed by atoms with Crippen LogP contribution in [0.3, 0.4) is 0 Å². The largest absolute Gasteiger partial charge is 0.468 e. The van der Waals surface area contributed by atoms with E-state index in [1.165, 1.54) is 18.4 Å². The van der Waals surface area contributed by atoms with E-state index in [0.717, 1.165) is 50.9 Å². The molecule has 28 heavy (non-hydrogen) atoms. The molecule has 2 aliphatic rings. The first-order chi connectivity index (χ1) is 13.2. The topological polar surface area (TPSA) is 61.8 Å². The monoisotopic (exact) mass is 498 g/mol. The van der Waals surface area contributed by atoms with Crippen molar-refractivity contribution in [2.45, 2.75) is 31.2 Å². The predicted molar refractivity (Wildman–Crippen MR) is 121 cm³/mol. The van der Waals surface area contributed by atoms with Gasteiger partial charge < -0.3 is 14.6 Å². The van der Waals surface area contributed by atoms with Gasteiger partial charge in [0, 0.05) is 45.8 Å². The lowest BCUT2D eigenvalue weighted by Crippen LogP contribution is -2.44. The van der Waals surface area contributed by atoms with Gasteiger partial charge in [-0.2, -0.15) is 5.10 Å². The zero-order valence-corrected chi connectivity index (χ0v) is 19.1. The number of hydrogen-bond donors (Lipinski definition) is 1. The summed E-state index contributed by atoms with van der Waals surface area (Å²) in [5.41, 5.74) is 1.32. The van der Waals surface area contributed by atoms with Crippen LogP contribution in [0.5, 0.6) is 0 Å². The van der Waals surface area contributed by atoms with Gasteiger partial charge >= 0.3 is 0 Å². The van der Waals surface area contributed by atoms with Crippen LogP contribution in [0.1, 0.15) is 42.5 Å². The molecule has 8 heteroatoms. The van der Waals surface area contributed by atoms with E-state index in [4.69, 9.17) is 4.42 Å². The van der Waals surface area contributed by atoms with Crippen LogP contribution in [0.2, 0.25) is 0 Å². The number of rotatable bonds is 5. The minimum absolute atomic E-state index is 0. The van der Waals surface area contributed by atoms with Gasteiger partial charge in [0.25, 0.3) is 0 Å². The molecule has 4 heterocycles. The van der Waals surface area contributed by atoms with Crippen LogP contribution in [0, 0.1) is 0 Å². The maximum atomic E-state index is 5.73. The Labute approximate surface area is 184 Å². The Kier molecular flexibility index (Phi) is 7.39. The van der Waals surface area contributed by atoms with E-state index in [1.54, 1.807) is 6.26 Å². The van der Waals surface area contributed by atoms with Gasteiger partial charge in [-0.15, -0.1) is 24.0 Å². The van der Waals surface area contributed by atoms with Crippen molar-refractivity contribution in [3.05, 3.63) is 42.1 Å². The molecule has 2 aromatic rings. The minimum Gasteiger partial charge on any atom is -0.468 e. The van der Waals surface area contributed by atoms with Gasteiger partial charge in [0.1, 0.15) is 5.76 Å². The summed E-state index contributed by atoms with van der Waals surface area (Å²) in [6.07, 6.45) is 9.57. The first-order valence-electron chi connectivity index (χ1n) is 9.96. The summed E-state index contributed by atoms with van der Waals surface area (Å²) >= 11 is 0. The molecular formula is C20H31IN6O. The van der Waals surface area contributed by atoms with Crippen molar-refractivity contribution in [2.75, 3.05) is 39.8 Å². The molecule has 2 fully saturated rings. The van der Waals surface area contributed by atoms with Crippen LogP contribution in [-0.2, 0) is 7.05 Å². The highest BCUT2D eigenvalue weighted by molar-refractivity contribution is 14.0. The molecule has 0 aromatic carbocycles. The van der Waals surface area contributed by atoms with E-state index in [9.17, 15) is 0 Å². The molecule has 2 unspecified atom stereocenters. The molecule has 1 N–H and O–H groups in total. The summed E-state index contributed by atoms with van der Waals surface area (Å²) < 4.78 is 7.62. The summed E-state index contributed by atoms with van der Waals surface area (Å²) in [4.78, 5) is 9.42. The Bertz CT molecular complexity index is 753. The third-order valence-electron chi connectivity index (χ3n) is 5.80. The van der Waals surface area contributed by atoms with Gasteiger partial charge in [-0.1, -0.05) is 0 Å². The lowest BCUT2D eigenvalue weighted by Gasteiger charge is -2.28. The molecule has 0 saturated carbocycles. The fraction of sp³-hybridized carbons (Fsp3) is 0.600. The van der Waals surface area contributed by atoms with Gasteiger partial charge in [0.2, 0.25) is 0 Å². The van der Waals surface area contributed by atoms with Crippen molar-refractivity contribution >= 4 is 29.9 Å². The first-order valence-corrected chi connectivity index (χ1v) is 9.96. The average molecular weight is 498 g/mol. The Morgan fingerprint density at radius 1 is 1.36 bits per heavy atom. The summed E-state index contributed by atoms with van der Waals surface area (Å²) in [5.74, 6) is 2.54. The van der Waals surface area contributed by atoms with Gasteiger partial charge in [-0.3, -0.25) is 14.6 Å². The second-order valence-corrected chi connectivity index (χ2v) is 7.58. The molecule has 0 amide bonds. The molecule has 4 rings (SSSR count). The Hall–Kier alpha value is -1.55. The third-order valence-corrected chi connectivity index (χ3v) is 5.80. The van der Waals surface area contributed by atoms with E-state index >= 15 is 0 Å². The Morgan fingerprint density at radius 2 is 2.18 bits per heavy atom. The Balaban J connectivity index is 0.00000225. The number of hydrogen-bond acceptors (Lipinski definition) is 4. The molecule has 0 spiro atoms. The van der Waals surface area contributed by atoms with Gasteiger partial charge in [-0.25, -0.2) is 0 Å². The van der Waals surface area contributed by atoms with Crippen molar-refractivity contribution in [3.8, 4) is 0 Å². The summed E-state index contributed by atoms with van der Waals surface area (Å²) in [6, 6.07) is 4.32. The maximum Gasteiger partial charge on any atom is 0.193 e. The van der Waals surface area contributed by atoms with Crippen LogP contribution in [0.25, 0.3) is 0 Å². The lowest BCUT2D eigenvalue weighted by atomic mass is 10.0. The molecule has 7 nitrogen and oxygen atoms in total. The fourth-order valence-electron chi connectivity index (χ4n) is 4.34. The fourth-order valence-corrected chi connectivity index (χ4v) is 4.34. The van der Waals surface area contributed by atoms with Crippen molar-refractivity contribution < 1.29 is 4.42 Å². The van der Waals surface area contributed by atoms with Gasteiger partial charge in [0.15, 0.2) is 5.96 Å². The third kappa shape index (κ3) is 4.71. The lowest BCUT2D eigenvalue weighted by molar-refractivity contribution is 0.214. The molecule has 0 radical (unpaired) electrons. The highest BCUT2D eigenvalue weighted by atomic mass is 127. The van der Waals surface area contributed by atoms with Crippen LogP contribution in [0.4, 0.5) is 0 Å². The Morgan fingerprint density at radius 3 is 2.82 bits per heavy atom. The molecule has 2 aromatic heterocycles. The molecule has 0 aliphatic carbocycles. The van der Waals surface area contributed by atoms with E-state index in [1.807, 2.05) is 31.0 Å². The van der Waals surface area contributed by atoms with E-state index < -0.39 is 0 Å². The van der Waals surface area contributed by atoms with E-state index in [2.05, 4.69) is 37.5 Å². The van der Waals surface area contributed by atoms with E-state index in [-0.39, 0.29) is 30.0 Å². The number of furan rings is 1. The van der Waals surface area contributed by atoms with Crippen molar-refractivity contribution in [3.63, 3.8) is 0 Å². The second-order valence-electron chi connectivity index (χ2n) is 7.58. The maximum absolute atomic E-state index is 5.73. The number of nitrogens with one attached hydrogen (secondary N) is 1. The molecule has 2 saturated heterocycles. The van der Waals surface area contributed by atoms with Crippen LogP contribution in [-0.4, -0.2) is 65.3 Å². The number of halogens is 1. The second kappa shape index (κ2) is 9.78. The van der Waals surface area contributed by atoms with Crippen molar-refractivity contribution in [1.82, 2.24) is 24.9 Å². The minimum atomic E-state index is 0. The van der Waals surface area contributed by atoms with Crippen LogP contribution in [0.15, 0.2) is 40.2 Å². The number of guanidine groups is 1. The highest BCUT2D eigenvalue weighted by Crippen LogP contribution is 2.28.